The van der Waals surface area contributed by atoms with Crippen molar-refractivity contribution in [3.63, 3.8) is 0 Å². The third-order valence-electron chi connectivity index (χ3n) is 6.94. The van der Waals surface area contributed by atoms with Crippen molar-refractivity contribution in [2.45, 2.75) is 7.43 Å². The summed E-state index contributed by atoms with van der Waals surface area (Å²) < 4.78 is 19.2. The Morgan fingerprint density at radius 3 is 0.930 bits per heavy atom. The summed E-state index contributed by atoms with van der Waals surface area (Å²) in [5.41, 5.74) is 1.03. The Balaban J connectivity index is 0.000000150. The zero-order chi connectivity index (χ0) is 29.8. The van der Waals surface area contributed by atoms with Crippen LogP contribution in [-0.2, 0) is 18.9 Å². The summed E-state index contributed by atoms with van der Waals surface area (Å²) in [6.07, 6.45) is 0. The molecule has 0 aromatic heterocycles. The largest absolute Gasteiger partial charge is 0.386 e. The van der Waals surface area contributed by atoms with Crippen LogP contribution in [0.1, 0.15) is 90.3 Å². The lowest BCUT2D eigenvalue weighted by Crippen LogP contribution is -2.26. The molecule has 0 N–H and O–H groups in total. The Hall–Kier alpha value is -5.08. The normalized spacial score (nSPS) is 15.7. The molecule has 4 aliphatic rings. The maximum Gasteiger partial charge on any atom is 0.347 e. The van der Waals surface area contributed by atoms with Gasteiger partial charge in [0.15, 0.2) is 0 Å². The van der Waals surface area contributed by atoms with Gasteiger partial charge in [0.25, 0.3) is 0 Å². The lowest BCUT2D eigenvalue weighted by atomic mass is 9.89. The summed E-state index contributed by atoms with van der Waals surface area (Å²) in [6.45, 7) is 0. The van der Waals surface area contributed by atoms with Crippen molar-refractivity contribution < 1.29 is 57.3 Å². The first-order valence-electron chi connectivity index (χ1n) is 11.6. The molecule has 0 bridgehead atoms. The second-order valence-corrected chi connectivity index (χ2v) is 10.8. The fraction of sp³-hybridized carbons (Fsp3) is 0.0345. The van der Waals surface area contributed by atoms with Crippen LogP contribution in [-0.4, -0.2) is 47.8 Å². The molecule has 4 aromatic carbocycles. The van der Waals surface area contributed by atoms with Crippen LogP contribution in [0.15, 0.2) is 45.3 Å². The Bertz CT molecular complexity index is 1940. The molecule has 0 atom stereocenters. The van der Waals surface area contributed by atoms with Gasteiger partial charge in [-0.3, -0.25) is 0 Å². The Morgan fingerprint density at radius 2 is 0.628 bits per heavy atom. The standard InChI is InChI=1S/C14H2Br2O6.C14H4O6.CH4/c15-5-1-3-7-8-4(12(18)22-13(19)9(5)8)2-6(16)10(7)14(20)21-11(3)17;15-11-5-1-2-6-10-8(14(18)20-12(6)16)4-3-7(9(5)10)13(17)19-11;/h1-2H;1-4H;1H4. The van der Waals surface area contributed by atoms with Gasteiger partial charge < -0.3 is 18.9 Å². The van der Waals surface area contributed by atoms with Gasteiger partial charge in [0.05, 0.1) is 44.5 Å². The molecule has 0 aliphatic carbocycles. The van der Waals surface area contributed by atoms with E-state index in [-0.39, 0.29) is 82.4 Å². The second-order valence-electron chi connectivity index (χ2n) is 9.09. The predicted molar refractivity (Wildman–Crippen MR) is 149 cm³/mol. The SMILES string of the molecule is C.O=C1OC(=O)c2c(Br)cc3c4c(c(Br)cc1c24)C(=O)OC3=O.O=C1OC(=O)c2ccc3c4c(ccc1c24)C(=O)OC3=O. The van der Waals surface area contributed by atoms with E-state index in [2.05, 4.69) is 41.3 Å². The molecule has 0 radical (unpaired) electrons. The van der Waals surface area contributed by atoms with Crippen LogP contribution in [0.2, 0.25) is 0 Å². The highest BCUT2D eigenvalue weighted by Crippen LogP contribution is 2.43. The Morgan fingerprint density at radius 1 is 0.372 bits per heavy atom. The molecular weight excluding hydrogens is 700 g/mol. The van der Waals surface area contributed by atoms with Gasteiger partial charge in [0.1, 0.15) is 0 Å². The van der Waals surface area contributed by atoms with Crippen LogP contribution in [0, 0.1) is 0 Å². The number of halogens is 2. The number of hydrogen-bond acceptors (Lipinski definition) is 12. The highest BCUT2D eigenvalue weighted by molar-refractivity contribution is 9.10. The van der Waals surface area contributed by atoms with E-state index in [9.17, 15) is 38.4 Å². The van der Waals surface area contributed by atoms with Gasteiger partial charge in [-0.25, -0.2) is 38.4 Å². The highest BCUT2D eigenvalue weighted by atomic mass is 79.9. The first kappa shape index (κ1) is 28.1. The fourth-order valence-electron chi connectivity index (χ4n) is 5.24. The van der Waals surface area contributed by atoms with Crippen molar-refractivity contribution >= 4 is 101 Å². The maximum absolute atomic E-state index is 12.0. The van der Waals surface area contributed by atoms with Gasteiger partial charge >= 0.3 is 47.8 Å². The number of benzene rings is 4. The molecule has 0 saturated carbocycles. The van der Waals surface area contributed by atoms with Crippen LogP contribution in [0.5, 0.6) is 0 Å². The first-order valence-corrected chi connectivity index (χ1v) is 13.2. The number of carbonyl (C=O) groups excluding carboxylic acids is 8. The molecule has 4 aromatic rings. The molecule has 0 unspecified atom stereocenters. The third kappa shape index (κ3) is 3.79. The minimum Gasteiger partial charge on any atom is -0.386 e. The van der Waals surface area contributed by atoms with Crippen LogP contribution in [0.3, 0.4) is 0 Å². The van der Waals surface area contributed by atoms with E-state index < -0.39 is 47.8 Å². The molecule has 4 heterocycles. The van der Waals surface area contributed by atoms with Crippen molar-refractivity contribution in [2.75, 3.05) is 0 Å². The van der Waals surface area contributed by atoms with E-state index in [0.29, 0.717) is 0 Å². The van der Waals surface area contributed by atoms with E-state index in [4.69, 9.17) is 9.47 Å². The zero-order valence-corrected chi connectivity index (χ0v) is 23.3. The Kier molecular flexibility index (Phi) is 6.18. The van der Waals surface area contributed by atoms with E-state index in [0.717, 1.165) is 0 Å². The van der Waals surface area contributed by atoms with Gasteiger partial charge in [0, 0.05) is 30.5 Å². The molecule has 43 heavy (non-hydrogen) atoms. The van der Waals surface area contributed by atoms with Crippen molar-refractivity contribution in [2.24, 2.45) is 0 Å². The summed E-state index contributed by atoms with van der Waals surface area (Å²) in [7, 11) is 0. The molecule has 212 valence electrons. The van der Waals surface area contributed by atoms with E-state index in [1.807, 2.05) is 0 Å². The van der Waals surface area contributed by atoms with Crippen LogP contribution in [0.4, 0.5) is 0 Å². The van der Waals surface area contributed by atoms with Crippen LogP contribution >= 0.6 is 31.9 Å². The molecule has 0 amide bonds. The zero-order valence-electron chi connectivity index (χ0n) is 20.1. The van der Waals surface area contributed by atoms with E-state index in [1.54, 1.807) is 0 Å². The average molecular weight is 710 g/mol. The van der Waals surface area contributed by atoms with Crippen molar-refractivity contribution in [3.8, 4) is 0 Å². The van der Waals surface area contributed by atoms with Crippen LogP contribution in [0.25, 0.3) is 21.5 Å². The quantitative estimate of drug-likeness (QED) is 0.135. The van der Waals surface area contributed by atoms with Crippen LogP contribution < -0.4 is 0 Å². The van der Waals surface area contributed by atoms with Gasteiger partial charge in [-0.2, -0.15) is 0 Å². The topological polar surface area (TPSA) is 173 Å². The smallest absolute Gasteiger partial charge is 0.347 e. The summed E-state index contributed by atoms with van der Waals surface area (Å²) >= 11 is 6.38. The lowest BCUT2D eigenvalue weighted by molar-refractivity contribution is 0.0364. The first-order chi connectivity index (χ1) is 20.0. The second kappa shape index (κ2) is 9.47. The van der Waals surface area contributed by atoms with Crippen molar-refractivity contribution in [3.05, 3.63) is 89.9 Å². The summed E-state index contributed by atoms with van der Waals surface area (Å²) in [4.78, 5) is 94.8. The lowest BCUT2D eigenvalue weighted by Gasteiger charge is -2.23. The maximum atomic E-state index is 12.0. The molecule has 0 saturated heterocycles. The summed E-state index contributed by atoms with van der Waals surface area (Å²) in [6, 6.07) is 8.30. The monoisotopic (exact) mass is 708 g/mol. The third-order valence-corrected chi connectivity index (χ3v) is 8.19. The molecular formula is C29H10Br2O12. The number of hydrogen-bond donors (Lipinski definition) is 0. The van der Waals surface area contributed by atoms with E-state index >= 15 is 0 Å². The average Bonchev–Trinajstić information content (AvgIpc) is 2.93. The number of ether oxygens (including phenoxy) is 4. The van der Waals surface area contributed by atoms with Gasteiger partial charge in [-0.1, -0.05) is 7.43 Å². The van der Waals surface area contributed by atoms with Gasteiger partial charge in [0.2, 0.25) is 0 Å². The summed E-state index contributed by atoms with van der Waals surface area (Å²) in [5, 5.41) is 0.972. The van der Waals surface area contributed by atoms with E-state index in [1.165, 1.54) is 36.4 Å². The minimum absolute atomic E-state index is 0. The van der Waals surface area contributed by atoms with Crippen molar-refractivity contribution in [1.82, 2.24) is 0 Å². The number of cyclic esters (lactones) is 8. The minimum atomic E-state index is -0.837. The molecule has 8 rings (SSSR count). The Labute approximate surface area is 255 Å². The molecule has 14 heteroatoms. The number of rotatable bonds is 0. The number of carbonyl (C=O) groups is 8. The molecule has 0 fully saturated rings. The van der Waals surface area contributed by atoms with Gasteiger partial charge in [-0.15, -0.1) is 0 Å². The summed E-state index contributed by atoms with van der Waals surface area (Å²) in [5.74, 6) is -6.52. The highest BCUT2D eigenvalue weighted by Gasteiger charge is 2.39. The van der Waals surface area contributed by atoms with Gasteiger partial charge in [-0.05, 0) is 68.3 Å². The number of esters is 8. The molecule has 4 aliphatic heterocycles. The molecule has 12 nitrogen and oxygen atoms in total. The molecule has 0 spiro atoms. The predicted octanol–water partition coefficient (Wildman–Crippen LogP) is 5.08. The van der Waals surface area contributed by atoms with Crippen molar-refractivity contribution in [1.29, 1.82) is 0 Å². The fourth-order valence-corrected chi connectivity index (χ4v) is 6.41.